The summed E-state index contributed by atoms with van der Waals surface area (Å²) >= 11 is 0. The molecule has 0 bridgehead atoms. The fraction of sp³-hybridized carbons (Fsp3) is 0.500. The van der Waals surface area contributed by atoms with Gasteiger partial charge in [-0.3, -0.25) is 10.3 Å². The Kier molecular flexibility index (Phi) is 3.99. The van der Waals surface area contributed by atoms with Crippen LogP contribution in [0.2, 0.25) is 0 Å². The third-order valence-electron chi connectivity index (χ3n) is 3.87. The number of aliphatic hydroxyl groups excluding tert-OH is 1. The molecule has 0 radical (unpaired) electrons. The molecule has 4 nitrogen and oxygen atoms in total. The molecule has 1 aromatic carbocycles. The van der Waals surface area contributed by atoms with Crippen molar-refractivity contribution >= 4 is 5.84 Å². The summed E-state index contributed by atoms with van der Waals surface area (Å²) in [5, 5.41) is 17.0. The van der Waals surface area contributed by atoms with Crippen LogP contribution >= 0.6 is 0 Å². The highest BCUT2D eigenvalue weighted by Crippen LogP contribution is 2.26. The molecule has 0 saturated carbocycles. The second-order valence-corrected chi connectivity index (χ2v) is 5.06. The molecule has 0 aliphatic carbocycles. The Hall–Kier alpha value is -1.39. The highest BCUT2D eigenvalue weighted by molar-refractivity contribution is 5.96. The molecular formula is C14H21N3O. The van der Waals surface area contributed by atoms with Crippen molar-refractivity contribution in [2.24, 2.45) is 11.7 Å². The summed E-state index contributed by atoms with van der Waals surface area (Å²) < 4.78 is 0. The average molecular weight is 247 g/mol. The van der Waals surface area contributed by atoms with Gasteiger partial charge in [0.25, 0.3) is 0 Å². The molecule has 0 spiro atoms. The van der Waals surface area contributed by atoms with Crippen LogP contribution in [0.5, 0.6) is 0 Å². The summed E-state index contributed by atoms with van der Waals surface area (Å²) in [5.74, 6) is 0.637. The van der Waals surface area contributed by atoms with E-state index < -0.39 is 0 Å². The summed E-state index contributed by atoms with van der Waals surface area (Å²) in [7, 11) is 0. The first-order chi connectivity index (χ1) is 8.63. The first-order valence-corrected chi connectivity index (χ1v) is 6.40. The van der Waals surface area contributed by atoms with E-state index in [4.69, 9.17) is 11.1 Å². The van der Waals surface area contributed by atoms with Gasteiger partial charge < -0.3 is 10.8 Å². The Labute approximate surface area is 108 Å². The molecule has 2 unspecified atom stereocenters. The molecular weight excluding hydrogens is 226 g/mol. The maximum absolute atomic E-state index is 9.45. The number of nitrogens with one attached hydrogen (secondary N) is 1. The molecule has 4 heteroatoms. The molecule has 0 aromatic heterocycles. The maximum atomic E-state index is 9.45. The Balaban J connectivity index is 2.17. The predicted octanol–water partition coefficient (Wildman–Crippen LogP) is 1.17. The van der Waals surface area contributed by atoms with Crippen LogP contribution in [0.3, 0.4) is 0 Å². The molecule has 98 valence electrons. The second kappa shape index (κ2) is 5.50. The first-order valence-electron chi connectivity index (χ1n) is 6.40. The number of likely N-dealkylation sites (tertiary alicyclic amines) is 1. The third-order valence-corrected chi connectivity index (χ3v) is 3.87. The van der Waals surface area contributed by atoms with E-state index >= 15 is 0 Å². The van der Waals surface area contributed by atoms with E-state index in [9.17, 15) is 5.11 Å². The van der Waals surface area contributed by atoms with Crippen molar-refractivity contribution in [3.63, 3.8) is 0 Å². The van der Waals surface area contributed by atoms with Crippen molar-refractivity contribution in [3.05, 3.63) is 35.4 Å². The Morgan fingerprint density at radius 1 is 1.50 bits per heavy atom. The van der Waals surface area contributed by atoms with Gasteiger partial charge in [-0.15, -0.1) is 0 Å². The highest BCUT2D eigenvalue weighted by Gasteiger charge is 2.30. The van der Waals surface area contributed by atoms with Crippen LogP contribution in [0.4, 0.5) is 0 Å². The molecule has 1 saturated heterocycles. The number of amidine groups is 1. The Bertz CT molecular complexity index is 433. The zero-order valence-electron chi connectivity index (χ0n) is 10.8. The lowest BCUT2D eigenvalue weighted by atomic mass is 10.0. The highest BCUT2D eigenvalue weighted by atomic mass is 16.3. The van der Waals surface area contributed by atoms with Crippen molar-refractivity contribution in [1.82, 2.24) is 4.90 Å². The predicted molar refractivity (Wildman–Crippen MR) is 72.5 cm³/mol. The molecule has 2 rings (SSSR count). The number of nitrogen functional groups attached to an aromatic ring is 1. The smallest absolute Gasteiger partial charge is 0.123 e. The van der Waals surface area contributed by atoms with E-state index in [-0.39, 0.29) is 18.5 Å². The van der Waals surface area contributed by atoms with Gasteiger partial charge in [0.1, 0.15) is 5.84 Å². The first kappa shape index (κ1) is 13.1. The zero-order valence-corrected chi connectivity index (χ0v) is 10.8. The normalized spacial score (nSPS) is 24.3. The van der Waals surface area contributed by atoms with Crippen LogP contribution in [0.15, 0.2) is 24.3 Å². The zero-order chi connectivity index (χ0) is 13.1. The summed E-state index contributed by atoms with van der Waals surface area (Å²) in [5.41, 5.74) is 7.47. The number of hydrogen-bond acceptors (Lipinski definition) is 3. The number of rotatable bonds is 4. The monoisotopic (exact) mass is 247 g/mol. The van der Waals surface area contributed by atoms with Crippen LogP contribution < -0.4 is 5.73 Å². The van der Waals surface area contributed by atoms with Gasteiger partial charge in [-0.25, -0.2) is 0 Å². The topological polar surface area (TPSA) is 73.3 Å². The van der Waals surface area contributed by atoms with E-state index in [0.717, 1.165) is 30.6 Å². The molecule has 1 aliphatic rings. The minimum atomic E-state index is 0.110. The molecule has 1 fully saturated rings. The number of aliphatic hydroxyl groups is 1. The minimum absolute atomic E-state index is 0.110. The molecule has 4 N–H and O–H groups in total. The van der Waals surface area contributed by atoms with E-state index in [1.54, 1.807) is 0 Å². The van der Waals surface area contributed by atoms with Crippen molar-refractivity contribution in [2.75, 3.05) is 13.2 Å². The van der Waals surface area contributed by atoms with Gasteiger partial charge in [-0.05, 0) is 24.4 Å². The Morgan fingerprint density at radius 3 is 2.89 bits per heavy atom. The fourth-order valence-corrected chi connectivity index (χ4v) is 2.72. The van der Waals surface area contributed by atoms with Gasteiger partial charge in [0.2, 0.25) is 0 Å². The number of nitrogens with zero attached hydrogens (tertiary/aromatic N) is 1. The number of nitrogens with two attached hydrogens (primary N) is 1. The molecule has 2 atom stereocenters. The van der Waals surface area contributed by atoms with Crippen LogP contribution in [0.25, 0.3) is 0 Å². The summed E-state index contributed by atoms with van der Waals surface area (Å²) in [6, 6.07) is 7.98. The van der Waals surface area contributed by atoms with E-state index in [2.05, 4.69) is 11.8 Å². The van der Waals surface area contributed by atoms with Crippen molar-refractivity contribution in [1.29, 1.82) is 5.41 Å². The van der Waals surface area contributed by atoms with E-state index in [1.165, 1.54) is 0 Å². The van der Waals surface area contributed by atoms with Crippen molar-refractivity contribution < 1.29 is 5.11 Å². The molecule has 1 heterocycles. The van der Waals surface area contributed by atoms with Crippen molar-refractivity contribution in [2.45, 2.75) is 25.9 Å². The van der Waals surface area contributed by atoms with E-state index in [0.29, 0.717) is 5.92 Å². The van der Waals surface area contributed by atoms with Crippen LogP contribution in [-0.2, 0) is 6.54 Å². The number of benzene rings is 1. The van der Waals surface area contributed by atoms with Gasteiger partial charge in [-0.1, -0.05) is 31.2 Å². The minimum Gasteiger partial charge on any atom is -0.395 e. The average Bonchev–Trinajstić information content (AvgIpc) is 2.70. The Morgan fingerprint density at radius 2 is 2.22 bits per heavy atom. The maximum Gasteiger partial charge on any atom is 0.123 e. The standard InChI is InChI=1S/C14H21N3O/c1-10-6-7-17(13(10)9-18)8-11-4-2-3-5-12(11)14(15)16/h2-5,10,13,18H,6-9H2,1H3,(H3,15,16). The molecule has 1 aromatic rings. The molecule has 0 amide bonds. The summed E-state index contributed by atoms with van der Waals surface area (Å²) in [6.45, 7) is 4.13. The van der Waals surface area contributed by atoms with Crippen LogP contribution in [0.1, 0.15) is 24.5 Å². The number of hydrogen-bond donors (Lipinski definition) is 3. The largest absolute Gasteiger partial charge is 0.395 e. The summed E-state index contributed by atoms with van der Waals surface area (Å²) in [6.07, 6.45) is 1.12. The van der Waals surface area contributed by atoms with Gasteiger partial charge in [0.05, 0.1) is 6.61 Å². The van der Waals surface area contributed by atoms with Crippen LogP contribution in [-0.4, -0.2) is 35.0 Å². The third kappa shape index (κ3) is 2.54. The lowest BCUT2D eigenvalue weighted by molar-refractivity contribution is 0.134. The second-order valence-electron chi connectivity index (χ2n) is 5.06. The van der Waals surface area contributed by atoms with Gasteiger partial charge in [0.15, 0.2) is 0 Å². The van der Waals surface area contributed by atoms with Gasteiger partial charge in [0, 0.05) is 18.2 Å². The molecule has 18 heavy (non-hydrogen) atoms. The van der Waals surface area contributed by atoms with E-state index in [1.807, 2.05) is 24.3 Å². The van der Waals surface area contributed by atoms with Crippen molar-refractivity contribution in [3.8, 4) is 0 Å². The fourth-order valence-electron chi connectivity index (χ4n) is 2.72. The van der Waals surface area contributed by atoms with Crippen LogP contribution in [0, 0.1) is 11.3 Å². The van der Waals surface area contributed by atoms with Gasteiger partial charge in [-0.2, -0.15) is 0 Å². The lowest BCUT2D eigenvalue weighted by Crippen LogP contribution is -2.35. The summed E-state index contributed by atoms with van der Waals surface area (Å²) in [4.78, 5) is 2.28. The SMILES string of the molecule is CC1CCN(Cc2ccccc2C(=N)N)C1CO. The molecule has 1 aliphatic heterocycles. The van der Waals surface area contributed by atoms with Gasteiger partial charge >= 0.3 is 0 Å². The quantitative estimate of drug-likeness (QED) is 0.552. The lowest BCUT2D eigenvalue weighted by Gasteiger charge is -2.25.